The Balaban J connectivity index is 2.20. The largest absolute Gasteiger partial charge is 0.280 e. The van der Waals surface area contributed by atoms with Crippen LogP contribution >= 0.6 is 0 Å². The van der Waals surface area contributed by atoms with Gasteiger partial charge in [-0.3, -0.25) is 4.40 Å². The van der Waals surface area contributed by atoms with E-state index in [1.807, 2.05) is 6.07 Å². The quantitative estimate of drug-likeness (QED) is 0.480. The maximum Gasteiger partial charge on any atom is 0.148 e. The Morgan fingerprint density at radius 2 is 1.62 bits per heavy atom. The van der Waals surface area contributed by atoms with E-state index in [2.05, 4.69) is 69.4 Å². The first-order valence-electron chi connectivity index (χ1n) is 8.50. The molecular formula is C21H23N3. The summed E-state index contributed by atoms with van der Waals surface area (Å²) in [4.78, 5) is 9.95. The summed E-state index contributed by atoms with van der Waals surface area (Å²) in [6, 6.07) is 12.7. The molecule has 0 bridgehead atoms. The van der Waals surface area contributed by atoms with Crippen molar-refractivity contribution >= 4 is 27.6 Å². The topological polar surface area (TPSA) is 30.2 Å². The van der Waals surface area contributed by atoms with Crippen LogP contribution in [0.3, 0.4) is 0 Å². The monoisotopic (exact) mass is 317 g/mol. The highest BCUT2D eigenvalue weighted by Crippen LogP contribution is 2.29. The first-order valence-corrected chi connectivity index (χ1v) is 8.50. The molecule has 4 aromatic rings. The molecule has 0 saturated carbocycles. The Kier molecular flexibility index (Phi) is 3.17. The molecule has 0 aliphatic heterocycles. The van der Waals surface area contributed by atoms with Gasteiger partial charge < -0.3 is 0 Å². The normalized spacial score (nSPS) is 12.5. The third-order valence-electron chi connectivity index (χ3n) is 4.61. The van der Waals surface area contributed by atoms with Gasteiger partial charge >= 0.3 is 0 Å². The van der Waals surface area contributed by atoms with Crippen molar-refractivity contribution in [3.8, 4) is 0 Å². The molecule has 0 aliphatic rings. The third-order valence-corrected chi connectivity index (χ3v) is 4.61. The van der Waals surface area contributed by atoms with Gasteiger partial charge in [0.2, 0.25) is 0 Å². The van der Waals surface area contributed by atoms with Gasteiger partial charge in [-0.05, 0) is 54.7 Å². The average molecular weight is 317 g/mol. The molecule has 3 heteroatoms. The van der Waals surface area contributed by atoms with Crippen LogP contribution in [0.5, 0.6) is 0 Å². The molecule has 2 aromatic heterocycles. The van der Waals surface area contributed by atoms with Crippen molar-refractivity contribution in [2.45, 2.75) is 41.0 Å². The SMILES string of the molecule is Cc1cc2nc3c4ccccc4nc(CC(C)(C)C)n3c2cc1C. The molecule has 4 rings (SSSR count). The van der Waals surface area contributed by atoms with Gasteiger partial charge in [-0.1, -0.05) is 32.9 Å². The van der Waals surface area contributed by atoms with Crippen LogP contribution in [0.25, 0.3) is 27.6 Å². The van der Waals surface area contributed by atoms with Crippen LogP contribution in [-0.4, -0.2) is 14.4 Å². The van der Waals surface area contributed by atoms with Crippen molar-refractivity contribution in [1.29, 1.82) is 0 Å². The van der Waals surface area contributed by atoms with Crippen LogP contribution in [0, 0.1) is 19.3 Å². The third kappa shape index (κ3) is 2.35. The minimum Gasteiger partial charge on any atom is -0.280 e. The molecule has 0 atom stereocenters. The van der Waals surface area contributed by atoms with E-state index in [1.54, 1.807) is 0 Å². The molecule has 0 amide bonds. The number of nitrogens with zero attached hydrogens (tertiary/aromatic N) is 3. The number of aryl methyl sites for hydroxylation is 2. The number of aromatic nitrogens is 3. The van der Waals surface area contributed by atoms with Crippen LogP contribution in [0.2, 0.25) is 0 Å². The van der Waals surface area contributed by atoms with Gasteiger partial charge in [-0.2, -0.15) is 0 Å². The number of hydrogen-bond donors (Lipinski definition) is 0. The van der Waals surface area contributed by atoms with E-state index in [0.29, 0.717) is 0 Å². The van der Waals surface area contributed by atoms with Crippen LogP contribution in [0.15, 0.2) is 36.4 Å². The number of benzene rings is 2. The number of fused-ring (bicyclic) bond motifs is 5. The number of hydrogen-bond acceptors (Lipinski definition) is 2. The molecule has 0 radical (unpaired) electrons. The number of rotatable bonds is 1. The van der Waals surface area contributed by atoms with Gasteiger partial charge in [-0.25, -0.2) is 9.97 Å². The van der Waals surface area contributed by atoms with Crippen molar-refractivity contribution < 1.29 is 0 Å². The maximum atomic E-state index is 4.99. The summed E-state index contributed by atoms with van der Waals surface area (Å²) in [5, 5.41) is 1.11. The lowest BCUT2D eigenvalue weighted by Gasteiger charge is -2.19. The van der Waals surface area contributed by atoms with Crippen molar-refractivity contribution in [3.63, 3.8) is 0 Å². The molecule has 0 aliphatic carbocycles. The summed E-state index contributed by atoms with van der Waals surface area (Å²) in [5.41, 5.74) is 6.98. The van der Waals surface area contributed by atoms with E-state index in [1.165, 1.54) is 11.1 Å². The second-order valence-corrected chi connectivity index (χ2v) is 7.98. The van der Waals surface area contributed by atoms with Gasteiger partial charge in [0.15, 0.2) is 0 Å². The van der Waals surface area contributed by atoms with E-state index in [0.717, 1.165) is 39.8 Å². The second kappa shape index (κ2) is 5.04. The highest BCUT2D eigenvalue weighted by molar-refractivity contribution is 5.96. The van der Waals surface area contributed by atoms with Gasteiger partial charge in [0.25, 0.3) is 0 Å². The number of para-hydroxylation sites is 1. The average Bonchev–Trinajstić information content (AvgIpc) is 2.85. The highest BCUT2D eigenvalue weighted by atomic mass is 15.1. The Labute approximate surface area is 142 Å². The lowest BCUT2D eigenvalue weighted by molar-refractivity contribution is 0.400. The zero-order chi connectivity index (χ0) is 17.1. The summed E-state index contributed by atoms with van der Waals surface area (Å²) in [5.74, 6) is 1.09. The summed E-state index contributed by atoms with van der Waals surface area (Å²) in [6.45, 7) is 11.1. The molecule has 122 valence electrons. The first-order chi connectivity index (χ1) is 11.3. The molecule has 2 heterocycles. The lowest BCUT2D eigenvalue weighted by Crippen LogP contribution is -2.14. The summed E-state index contributed by atoms with van der Waals surface area (Å²) in [7, 11) is 0. The fraction of sp³-hybridized carbons (Fsp3) is 0.333. The minimum atomic E-state index is 0.165. The van der Waals surface area contributed by atoms with E-state index in [9.17, 15) is 0 Å². The van der Waals surface area contributed by atoms with Crippen molar-refractivity contribution in [3.05, 3.63) is 53.3 Å². The Hall–Kier alpha value is -2.42. The fourth-order valence-corrected chi connectivity index (χ4v) is 3.32. The lowest BCUT2D eigenvalue weighted by atomic mass is 9.92. The van der Waals surface area contributed by atoms with Crippen molar-refractivity contribution in [2.24, 2.45) is 5.41 Å². The standard InChI is InChI=1S/C21H23N3/c1-13-10-17-18(11-14(13)2)24-19(12-21(3,4)5)22-16-9-7-6-8-15(16)20(24)23-17/h6-11H,12H2,1-5H3. The van der Waals surface area contributed by atoms with Crippen LogP contribution in [-0.2, 0) is 6.42 Å². The van der Waals surface area contributed by atoms with Gasteiger partial charge in [0.05, 0.1) is 16.6 Å². The first kappa shape index (κ1) is 15.1. The molecule has 3 nitrogen and oxygen atoms in total. The Bertz CT molecular complexity index is 1080. The van der Waals surface area contributed by atoms with Crippen molar-refractivity contribution in [1.82, 2.24) is 14.4 Å². The molecule has 0 saturated heterocycles. The van der Waals surface area contributed by atoms with Gasteiger partial charge in [-0.15, -0.1) is 0 Å². The predicted molar refractivity (Wildman–Crippen MR) is 101 cm³/mol. The summed E-state index contributed by atoms with van der Waals surface area (Å²) >= 11 is 0. The highest BCUT2D eigenvalue weighted by Gasteiger charge is 2.19. The molecule has 0 N–H and O–H groups in total. The second-order valence-electron chi connectivity index (χ2n) is 7.98. The maximum absolute atomic E-state index is 4.99. The van der Waals surface area contributed by atoms with Gasteiger partial charge in [0, 0.05) is 11.8 Å². The zero-order valence-electron chi connectivity index (χ0n) is 15.0. The molecule has 0 unspecified atom stereocenters. The van der Waals surface area contributed by atoms with Gasteiger partial charge in [0.1, 0.15) is 11.5 Å². The minimum absolute atomic E-state index is 0.165. The molecule has 0 spiro atoms. The molecule has 0 fully saturated rings. The summed E-state index contributed by atoms with van der Waals surface area (Å²) < 4.78 is 2.26. The Morgan fingerprint density at radius 3 is 2.38 bits per heavy atom. The smallest absolute Gasteiger partial charge is 0.148 e. The van der Waals surface area contributed by atoms with E-state index in [4.69, 9.17) is 9.97 Å². The fourth-order valence-electron chi connectivity index (χ4n) is 3.32. The van der Waals surface area contributed by atoms with Crippen LogP contribution in [0.4, 0.5) is 0 Å². The van der Waals surface area contributed by atoms with E-state index < -0.39 is 0 Å². The van der Waals surface area contributed by atoms with Crippen LogP contribution in [0.1, 0.15) is 37.7 Å². The van der Waals surface area contributed by atoms with Crippen molar-refractivity contribution in [2.75, 3.05) is 0 Å². The molecule has 24 heavy (non-hydrogen) atoms. The van der Waals surface area contributed by atoms with Crippen LogP contribution < -0.4 is 0 Å². The predicted octanol–water partition coefficient (Wildman–Crippen LogP) is 5.24. The van der Waals surface area contributed by atoms with E-state index in [-0.39, 0.29) is 5.41 Å². The molecule has 2 aromatic carbocycles. The summed E-state index contributed by atoms with van der Waals surface area (Å²) in [6.07, 6.45) is 0.909. The Morgan fingerprint density at radius 1 is 0.917 bits per heavy atom. The zero-order valence-corrected chi connectivity index (χ0v) is 15.0. The van der Waals surface area contributed by atoms with E-state index >= 15 is 0 Å². The number of imidazole rings is 1. The molecular weight excluding hydrogens is 294 g/mol.